The van der Waals surface area contributed by atoms with Crippen molar-refractivity contribution >= 4 is 37.4 Å². The van der Waals surface area contributed by atoms with E-state index in [-0.39, 0.29) is 0 Å². The number of nitrogens with zero attached hydrogens (tertiary/aromatic N) is 2. The summed E-state index contributed by atoms with van der Waals surface area (Å²) in [5.74, 6) is 1.39. The summed E-state index contributed by atoms with van der Waals surface area (Å²) in [6.07, 6.45) is 1.92. The molecule has 0 bridgehead atoms. The summed E-state index contributed by atoms with van der Waals surface area (Å²) in [5, 5.41) is 1.31. The lowest BCUT2D eigenvalue weighted by Gasteiger charge is -2.15. The minimum atomic E-state index is 0.456. The first-order valence-electron chi connectivity index (χ1n) is 7.21. The van der Waals surface area contributed by atoms with Crippen molar-refractivity contribution in [1.82, 2.24) is 9.22 Å². The van der Waals surface area contributed by atoms with Crippen LogP contribution >= 0.6 is 15.9 Å². The van der Waals surface area contributed by atoms with Gasteiger partial charge in [-0.05, 0) is 44.8 Å². The lowest BCUT2D eigenvalue weighted by Crippen LogP contribution is -2.04. The number of hydrogen-bond donors (Lipinski definition) is 0. The largest absolute Gasteiger partial charge is 0.358 e. The Balaban J connectivity index is 3.01. The van der Waals surface area contributed by atoms with E-state index in [2.05, 4.69) is 77.1 Å². The molecule has 2 aromatic heterocycles. The third kappa shape index (κ3) is 2.37. The van der Waals surface area contributed by atoms with Crippen molar-refractivity contribution in [2.45, 2.75) is 59.3 Å². The number of fused-ring (bicyclic) bond motifs is 1. The predicted molar refractivity (Wildman–Crippen MR) is 90.9 cm³/mol. The molecule has 0 saturated carbocycles. The van der Waals surface area contributed by atoms with Crippen molar-refractivity contribution in [1.29, 1.82) is 0 Å². The monoisotopic (exact) mass is 349 g/mol. The average Bonchev–Trinajstić information content (AvgIpc) is 2.62. The van der Waals surface area contributed by atoms with E-state index >= 15 is 0 Å². The predicted octanol–water partition coefficient (Wildman–Crippen LogP) is 5.10. The molecule has 0 unspecified atom stereocenters. The molecule has 2 aromatic rings. The van der Waals surface area contributed by atoms with Crippen molar-refractivity contribution in [2.75, 3.05) is 0 Å². The van der Waals surface area contributed by atoms with Gasteiger partial charge in [0.15, 0.2) is 10.4 Å². The standard InChI is InChI=1S/C16H22BrN2Si/c1-8(2)12-11(17)7-18-16-14(12)13(9(3)4)15(10(5)6)19(16)20/h7-10H,1-6H3. The van der Waals surface area contributed by atoms with Crippen molar-refractivity contribution in [3.8, 4) is 0 Å². The molecule has 0 atom stereocenters. The molecule has 0 aromatic carbocycles. The van der Waals surface area contributed by atoms with Crippen molar-refractivity contribution < 1.29 is 0 Å². The fourth-order valence-electron chi connectivity index (χ4n) is 3.01. The molecule has 20 heavy (non-hydrogen) atoms. The second-order valence-electron chi connectivity index (χ2n) is 6.32. The molecule has 0 spiro atoms. The zero-order valence-corrected chi connectivity index (χ0v) is 15.7. The van der Waals surface area contributed by atoms with Gasteiger partial charge in [0.1, 0.15) is 5.65 Å². The minimum Gasteiger partial charge on any atom is -0.358 e. The van der Waals surface area contributed by atoms with Gasteiger partial charge >= 0.3 is 0 Å². The molecule has 0 fully saturated rings. The van der Waals surface area contributed by atoms with E-state index < -0.39 is 0 Å². The van der Waals surface area contributed by atoms with Crippen LogP contribution in [-0.2, 0) is 0 Å². The normalized spacial score (nSPS) is 12.3. The summed E-state index contributed by atoms with van der Waals surface area (Å²) < 4.78 is 3.20. The van der Waals surface area contributed by atoms with Gasteiger partial charge in [-0.25, -0.2) is 4.98 Å². The summed E-state index contributed by atoms with van der Waals surface area (Å²) in [4.78, 5) is 4.64. The topological polar surface area (TPSA) is 17.8 Å². The van der Waals surface area contributed by atoms with Crippen LogP contribution in [0.25, 0.3) is 11.0 Å². The van der Waals surface area contributed by atoms with Gasteiger partial charge in [-0.1, -0.05) is 41.5 Å². The third-order valence-corrected chi connectivity index (χ3v) is 4.83. The summed E-state index contributed by atoms with van der Waals surface area (Å²) in [6, 6.07) is 0. The number of aromatic nitrogens is 2. The molecule has 0 aliphatic rings. The molecule has 0 amide bonds. The highest BCUT2D eigenvalue weighted by molar-refractivity contribution is 9.10. The quantitative estimate of drug-likeness (QED) is 0.704. The van der Waals surface area contributed by atoms with Gasteiger partial charge in [0.25, 0.3) is 0 Å². The Kier molecular flexibility index (Phi) is 4.45. The number of hydrogen-bond acceptors (Lipinski definition) is 1. The number of halogens is 1. The van der Waals surface area contributed by atoms with Crippen LogP contribution in [0.15, 0.2) is 10.7 Å². The van der Waals surface area contributed by atoms with Crippen LogP contribution in [0, 0.1) is 0 Å². The van der Waals surface area contributed by atoms with E-state index in [1.165, 1.54) is 22.2 Å². The fraction of sp³-hybridized carbons (Fsp3) is 0.562. The maximum Gasteiger partial charge on any atom is 0.197 e. The maximum absolute atomic E-state index is 4.64. The summed E-state index contributed by atoms with van der Waals surface area (Å²) in [7, 11) is 3.78. The molecule has 4 heteroatoms. The summed E-state index contributed by atoms with van der Waals surface area (Å²) in [6.45, 7) is 13.5. The molecule has 0 saturated heterocycles. The van der Waals surface area contributed by atoms with Crippen LogP contribution in [0.1, 0.15) is 76.1 Å². The summed E-state index contributed by atoms with van der Waals surface area (Å²) in [5.41, 5.74) is 5.14. The van der Waals surface area contributed by atoms with Crippen molar-refractivity contribution in [2.24, 2.45) is 0 Å². The van der Waals surface area contributed by atoms with Crippen LogP contribution in [0.3, 0.4) is 0 Å². The van der Waals surface area contributed by atoms with Gasteiger partial charge in [-0.15, -0.1) is 0 Å². The fourth-order valence-corrected chi connectivity index (χ4v) is 4.31. The van der Waals surface area contributed by atoms with E-state index in [9.17, 15) is 0 Å². The Morgan fingerprint density at radius 2 is 1.55 bits per heavy atom. The Hall–Kier alpha value is -0.613. The Labute approximate surface area is 133 Å². The number of rotatable bonds is 3. The molecule has 107 valence electrons. The Morgan fingerprint density at radius 3 is 2.00 bits per heavy atom. The highest BCUT2D eigenvalue weighted by Crippen LogP contribution is 2.40. The molecule has 0 N–H and O–H groups in total. The highest BCUT2D eigenvalue weighted by atomic mass is 79.9. The smallest absolute Gasteiger partial charge is 0.197 e. The zero-order chi connectivity index (χ0) is 15.2. The Morgan fingerprint density at radius 1 is 1.00 bits per heavy atom. The summed E-state index contributed by atoms with van der Waals surface area (Å²) >= 11 is 3.68. The molecule has 2 nitrogen and oxygen atoms in total. The van der Waals surface area contributed by atoms with Crippen LogP contribution in [0.4, 0.5) is 0 Å². The van der Waals surface area contributed by atoms with E-state index in [4.69, 9.17) is 0 Å². The lowest BCUT2D eigenvalue weighted by molar-refractivity contribution is 0.765. The van der Waals surface area contributed by atoms with Crippen LogP contribution in [0.5, 0.6) is 0 Å². The zero-order valence-electron chi connectivity index (χ0n) is 13.1. The van der Waals surface area contributed by atoms with Crippen LogP contribution in [-0.4, -0.2) is 19.6 Å². The second kappa shape index (κ2) is 5.64. The number of pyridine rings is 1. The van der Waals surface area contributed by atoms with E-state index in [0.717, 1.165) is 10.1 Å². The van der Waals surface area contributed by atoms with E-state index in [1.807, 2.05) is 6.20 Å². The van der Waals surface area contributed by atoms with Crippen molar-refractivity contribution in [3.05, 3.63) is 27.5 Å². The first-order valence-corrected chi connectivity index (χ1v) is 8.45. The third-order valence-electron chi connectivity index (χ3n) is 3.75. The Bertz CT molecular complexity index is 642. The minimum absolute atomic E-state index is 0.456. The van der Waals surface area contributed by atoms with Crippen LogP contribution in [0.2, 0.25) is 0 Å². The van der Waals surface area contributed by atoms with Gasteiger partial charge in [-0.3, -0.25) is 0 Å². The molecule has 0 aliphatic carbocycles. The van der Waals surface area contributed by atoms with Crippen molar-refractivity contribution in [3.63, 3.8) is 0 Å². The van der Waals surface area contributed by atoms with Gasteiger partial charge in [0.05, 0.1) is 0 Å². The molecule has 2 rings (SSSR count). The second-order valence-corrected chi connectivity index (χ2v) is 7.62. The van der Waals surface area contributed by atoms with Gasteiger partial charge in [0.2, 0.25) is 0 Å². The molecule has 3 radical (unpaired) electrons. The first-order chi connectivity index (χ1) is 9.27. The molecule has 2 heterocycles. The van der Waals surface area contributed by atoms with Gasteiger partial charge in [0, 0.05) is 21.7 Å². The molecular formula is C16H22BrN2Si. The SMILES string of the molecule is CC(C)c1c(Br)cnc2c1c(C(C)C)c(C(C)C)n2[Si]. The van der Waals surface area contributed by atoms with E-state index in [1.54, 1.807) is 0 Å². The first kappa shape index (κ1) is 15.8. The van der Waals surface area contributed by atoms with Gasteiger partial charge < -0.3 is 4.23 Å². The van der Waals surface area contributed by atoms with E-state index in [0.29, 0.717) is 17.8 Å². The highest BCUT2D eigenvalue weighted by Gasteiger charge is 2.24. The van der Waals surface area contributed by atoms with Gasteiger partial charge in [-0.2, -0.15) is 0 Å². The molecular weight excluding hydrogens is 328 g/mol. The average molecular weight is 350 g/mol. The molecule has 0 aliphatic heterocycles. The van der Waals surface area contributed by atoms with Crippen LogP contribution < -0.4 is 0 Å². The maximum atomic E-state index is 4.64. The lowest BCUT2D eigenvalue weighted by atomic mass is 9.90.